The third-order valence-electron chi connectivity index (χ3n) is 4.11. The molecule has 4 heteroatoms. The Bertz CT molecular complexity index is 876. The molecule has 0 N–H and O–H groups in total. The average molecular weight is 335 g/mol. The summed E-state index contributed by atoms with van der Waals surface area (Å²) < 4.78 is 11.0. The number of carbonyl (C=O) groups excluding carboxylic acids is 1. The number of amides is 1. The molecular weight excluding hydrogens is 314 g/mol. The lowest BCUT2D eigenvalue weighted by Crippen LogP contribution is -2.31. The summed E-state index contributed by atoms with van der Waals surface area (Å²) >= 11 is 0. The second-order valence-electron chi connectivity index (χ2n) is 5.86. The number of hydrogen-bond donors (Lipinski definition) is 0. The molecule has 3 aromatic carbocycles. The van der Waals surface area contributed by atoms with E-state index in [1.54, 1.807) is 19.1 Å². The highest BCUT2D eigenvalue weighted by molar-refractivity contribution is 5.84. The first kappa shape index (κ1) is 16.8. The Labute approximate surface area is 147 Å². The van der Waals surface area contributed by atoms with Crippen molar-refractivity contribution >= 4 is 16.7 Å². The first-order chi connectivity index (χ1) is 12.2. The summed E-state index contributed by atoms with van der Waals surface area (Å²) in [5.41, 5.74) is 0.964. The lowest BCUT2D eigenvalue weighted by Gasteiger charge is -2.19. The predicted molar refractivity (Wildman–Crippen MR) is 98.9 cm³/mol. The van der Waals surface area contributed by atoms with Crippen molar-refractivity contribution in [3.8, 4) is 11.5 Å². The zero-order chi connectivity index (χ0) is 17.6. The monoisotopic (exact) mass is 335 g/mol. The number of rotatable bonds is 6. The number of para-hydroxylation sites is 1. The molecule has 0 spiro atoms. The topological polar surface area (TPSA) is 38.8 Å². The fourth-order valence-corrected chi connectivity index (χ4v) is 2.69. The van der Waals surface area contributed by atoms with Crippen LogP contribution in [0.3, 0.4) is 0 Å². The zero-order valence-electron chi connectivity index (χ0n) is 14.4. The Morgan fingerprint density at radius 2 is 1.68 bits per heavy atom. The van der Waals surface area contributed by atoms with Gasteiger partial charge < -0.3 is 14.4 Å². The maximum absolute atomic E-state index is 12.3. The average Bonchev–Trinajstić information content (AvgIpc) is 2.66. The number of fused-ring (bicyclic) bond motifs is 1. The van der Waals surface area contributed by atoms with Gasteiger partial charge in [-0.15, -0.1) is 0 Å². The van der Waals surface area contributed by atoms with Crippen molar-refractivity contribution < 1.29 is 14.3 Å². The van der Waals surface area contributed by atoms with Crippen molar-refractivity contribution in [2.24, 2.45) is 0 Å². The molecule has 0 saturated carbocycles. The summed E-state index contributed by atoms with van der Waals surface area (Å²) in [6.45, 7) is 0.480. The predicted octanol–water partition coefficient (Wildman–Crippen LogP) is 3.89. The van der Waals surface area contributed by atoms with Crippen molar-refractivity contribution in [3.05, 3.63) is 72.3 Å². The zero-order valence-corrected chi connectivity index (χ0v) is 14.4. The molecule has 0 aliphatic heterocycles. The van der Waals surface area contributed by atoms with Crippen LogP contribution < -0.4 is 9.47 Å². The Morgan fingerprint density at radius 3 is 2.48 bits per heavy atom. The van der Waals surface area contributed by atoms with Gasteiger partial charge in [0, 0.05) is 19.2 Å². The van der Waals surface area contributed by atoms with E-state index < -0.39 is 0 Å². The summed E-state index contributed by atoms with van der Waals surface area (Å²) in [6.07, 6.45) is 0. The van der Waals surface area contributed by atoms with Crippen LogP contribution in [0.25, 0.3) is 10.8 Å². The summed E-state index contributed by atoms with van der Waals surface area (Å²) in [7, 11) is 3.39. The molecule has 4 nitrogen and oxygen atoms in total. The summed E-state index contributed by atoms with van der Waals surface area (Å²) in [4.78, 5) is 14.0. The molecule has 0 fully saturated rings. The molecule has 0 atom stereocenters. The van der Waals surface area contributed by atoms with Crippen LogP contribution in [0.15, 0.2) is 66.7 Å². The summed E-state index contributed by atoms with van der Waals surface area (Å²) in [5, 5.41) is 2.24. The highest BCUT2D eigenvalue weighted by Crippen LogP contribution is 2.21. The van der Waals surface area contributed by atoms with E-state index in [0.717, 1.165) is 22.1 Å². The third kappa shape index (κ3) is 4.10. The lowest BCUT2D eigenvalue weighted by molar-refractivity contribution is -0.132. The van der Waals surface area contributed by atoms with E-state index in [1.807, 2.05) is 66.7 Å². The number of likely N-dealkylation sites (N-methyl/N-ethyl adjacent to an activating group) is 1. The van der Waals surface area contributed by atoms with Crippen LogP contribution in [0.4, 0.5) is 0 Å². The number of carbonyl (C=O) groups is 1. The highest BCUT2D eigenvalue weighted by atomic mass is 16.5. The Hall–Kier alpha value is -3.01. The minimum absolute atomic E-state index is 0.00396. The molecule has 0 heterocycles. The molecule has 25 heavy (non-hydrogen) atoms. The number of benzene rings is 3. The molecule has 0 radical (unpaired) electrons. The quantitative estimate of drug-likeness (QED) is 0.686. The van der Waals surface area contributed by atoms with E-state index in [9.17, 15) is 4.79 Å². The molecule has 3 aromatic rings. The molecule has 0 aromatic heterocycles. The second kappa shape index (κ2) is 7.71. The van der Waals surface area contributed by atoms with Crippen molar-refractivity contribution in [1.82, 2.24) is 4.90 Å². The van der Waals surface area contributed by atoms with Gasteiger partial charge in [0.25, 0.3) is 5.91 Å². The van der Waals surface area contributed by atoms with Gasteiger partial charge >= 0.3 is 0 Å². The molecule has 1 amide bonds. The van der Waals surface area contributed by atoms with E-state index in [4.69, 9.17) is 9.47 Å². The van der Waals surface area contributed by atoms with Gasteiger partial charge in [0.15, 0.2) is 6.61 Å². The van der Waals surface area contributed by atoms with Crippen molar-refractivity contribution in [2.75, 3.05) is 20.8 Å². The number of ether oxygens (including phenoxy) is 2. The minimum Gasteiger partial charge on any atom is -0.496 e. The van der Waals surface area contributed by atoms with Gasteiger partial charge in [-0.2, -0.15) is 0 Å². The Morgan fingerprint density at radius 1 is 0.960 bits per heavy atom. The Balaban J connectivity index is 1.61. The lowest BCUT2D eigenvalue weighted by atomic mass is 10.1. The van der Waals surface area contributed by atoms with Crippen LogP contribution in [0.5, 0.6) is 11.5 Å². The maximum Gasteiger partial charge on any atom is 0.260 e. The molecule has 0 aliphatic carbocycles. The molecule has 0 unspecified atom stereocenters. The van der Waals surface area contributed by atoms with Gasteiger partial charge in [-0.1, -0.05) is 48.5 Å². The van der Waals surface area contributed by atoms with Gasteiger partial charge in [0.05, 0.1) is 7.11 Å². The third-order valence-corrected chi connectivity index (χ3v) is 4.11. The summed E-state index contributed by atoms with van der Waals surface area (Å²) in [5.74, 6) is 1.38. The smallest absolute Gasteiger partial charge is 0.260 e. The van der Waals surface area contributed by atoms with Gasteiger partial charge in [-0.25, -0.2) is 0 Å². The molecular formula is C21H21NO3. The SMILES string of the molecule is COc1ccccc1CN(C)C(=O)COc1ccc2ccccc2c1. The van der Waals surface area contributed by atoms with Gasteiger partial charge in [0.1, 0.15) is 11.5 Å². The van der Waals surface area contributed by atoms with E-state index >= 15 is 0 Å². The van der Waals surface area contributed by atoms with Crippen LogP contribution in [0.1, 0.15) is 5.56 Å². The molecule has 3 rings (SSSR count). The first-order valence-corrected chi connectivity index (χ1v) is 8.15. The van der Waals surface area contributed by atoms with Gasteiger partial charge in [0.2, 0.25) is 0 Å². The van der Waals surface area contributed by atoms with Crippen molar-refractivity contribution in [1.29, 1.82) is 0 Å². The van der Waals surface area contributed by atoms with E-state index in [-0.39, 0.29) is 12.5 Å². The molecule has 0 saturated heterocycles. The normalized spacial score (nSPS) is 10.5. The first-order valence-electron chi connectivity index (χ1n) is 8.15. The molecule has 128 valence electrons. The molecule has 0 aliphatic rings. The second-order valence-corrected chi connectivity index (χ2v) is 5.86. The van der Waals surface area contributed by atoms with E-state index in [1.165, 1.54) is 0 Å². The fraction of sp³-hybridized carbons (Fsp3) is 0.190. The maximum atomic E-state index is 12.3. The van der Waals surface area contributed by atoms with E-state index in [2.05, 4.69) is 0 Å². The standard InChI is InChI=1S/C21H21NO3/c1-22(14-18-9-5-6-10-20(18)24-2)21(23)15-25-19-12-11-16-7-3-4-8-17(16)13-19/h3-13H,14-15H2,1-2H3. The van der Waals surface area contributed by atoms with Crippen molar-refractivity contribution in [2.45, 2.75) is 6.54 Å². The minimum atomic E-state index is -0.0842. The summed E-state index contributed by atoms with van der Waals surface area (Å²) in [6, 6.07) is 21.6. The van der Waals surface area contributed by atoms with Crippen LogP contribution in [-0.2, 0) is 11.3 Å². The Kier molecular flexibility index (Phi) is 5.19. The van der Waals surface area contributed by atoms with Gasteiger partial charge in [-0.3, -0.25) is 4.79 Å². The van der Waals surface area contributed by atoms with Crippen LogP contribution in [-0.4, -0.2) is 31.6 Å². The molecule has 0 bridgehead atoms. The fourth-order valence-electron chi connectivity index (χ4n) is 2.69. The van der Waals surface area contributed by atoms with Crippen molar-refractivity contribution in [3.63, 3.8) is 0 Å². The van der Waals surface area contributed by atoms with Crippen LogP contribution >= 0.6 is 0 Å². The van der Waals surface area contributed by atoms with Crippen LogP contribution in [0, 0.1) is 0 Å². The highest BCUT2D eigenvalue weighted by Gasteiger charge is 2.12. The largest absolute Gasteiger partial charge is 0.496 e. The van der Waals surface area contributed by atoms with Gasteiger partial charge in [-0.05, 0) is 29.0 Å². The number of nitrogens with zero attached hydrogens (tertiary/aromatic N) is 1. The number of methoxy groups -OCH3 is 1. The number of hydrogen-bond acceptors (Lipinski definition) is 3. The van der Waals surface area contributed by atoms with E-state index in [0.29, 0.717) is 12.3 Å². The van der Waals surface area contributed by atoms with Crippen LogP contribution in [0.2, 0.25) is 0 Å².